The molecule has 1 saturated heterocycles. The molecule has 2 rings (SSSR count). The molecule has 6 heteroatoms. The summed E-state index contributed by atoms with van der Waals surface area (Å²) in [6.45, 7) is 5.25. The van der Waals surface area contributed by atoms with E-state index in [0.29, 0.717) is 16.3 Å². The maximum atomic E-state index is 12.6. The van der Waals surface area contributed by atoms with Crippen LogP contribution in [0.2, 0.25) is 10.0 Å². The van der Waals surface area contributed by atoms with Crippen molar-refractivity contribution in [3.63, 3.8) is 0 Å². The first-order valence-corrected chi connectivity index (χ1v) is 7.93. The predicted molar refractivity (Wildman–Crippen MR) is 88.1 cm³/mol. The molecule has 0 saturated carbocycles. The molecule has 1 fully saturated rings. The quantitative estimate of drug-likeness (QED) is 0.866. The van der Waals surface area contributed by atoms with E-state index < -0.39 is 0 Å². The van der Waals surface area contributed by atoms with Gasteiger partial charge in [0, 0.05) is 31.9 Å². The van der Waals surface area contributed by atoms with E-state index in [1.165, 1.54) is 0 Å². The number of nitrogen functional groups attached to an aromatic ring is 1. The molecular weight excluding hydrogens is 309 g/mol. The second-order valence-electron chi connectivity index (χ2n) is 5.45. The summed E-state index contributed by atoms with van der Waals surface area (Å²) in [4.78, 5) is 16.8. The van der Waals surface area contributed by atoms with Crippen molar-refractivity contribution in [3.05, 3.63) is 27.7 Å². The van der Waals surface area contributed by atoms with E-state index in [9.17, 15) is 4.79 Å². The number of benzene rings is 1. The van der Waals surface area contributed by atoms with Gasteiger partial charge in [0.25, 0.3) is 5.91 Å². The minimum atomic E-state index is -0.121. The van der Waals surface area contributed by atoms with Crippen molar-refractivity contribution in [2.75, 3.05) is 32.4 Å². The zero-order valence-corrected chi connectivity index (χ0v) is 13.9. The molecule has 1 heterocycles. The summed E-state index contributed by atoms with van der Waals surface area (Å²) >= 11 is 12.1. The molecule has 116 valence electrons. The maximum Gasteiger partial charge on any atom is 0.255 e. The van der Waals surface area contributed by atoms with Crippen LogP contribution in [0.3, 0.4) is 0 Å². The van der Waals surface area contributed by atoms with E-state index in [1.807, 2.05) is 7.05 Å². The minimum absolute atomic E-state index is 0.121. The number of amides is 1. The number of halogens is 2. The predicted octanol–water partition coefficient (Wildman–Crippen LogP) is 3.13. The van der Waals surface area contributed by atoms with Gasteiger partial charge in [-0.25, -0.2) is 0 Å². The lowest BCUT2D eigenvalue weighted by molar-refractivity contribution is 0.0647. The Kier molecular flexibility index (Phi) is 5.36. The average molecular weight is 330 g/mol. The topological polar surface area (TPSA) is 49.6 Å². The van der Waals surface area contributed by atoms with Crippen LogP contribution < -0.4 is 5.73 Å². The summed E-state index contributed by atoms with van der Waals surface area (Å²) in [6, 6.07) is 3.38. The van der Waals surface area contributed by atoms with Gasteiger partial charge in [0.2, 0.25) is 0 Å². The molecule has 0 radical (unpaired) electrons. The van der Waals surface area contributed by atoms with Crippen LogP contribution in [0.25, 0.3) is 0 Å². The molecule has 0 aliphatic carbocycles. The van der Waals surface area contributed by atoms with Gasteiger partial charge >= 0.3 is 0 Å². The molecule has 1 aliphatic rings. The maximum absolute atomic E-state index is 12.6. The van der Waals surface area contributed by atoms with Crippen LogP contribution in [0.5, 0.6) is 0 Å². The van der Waals surface area contributed by atoms with Gasteiger partial charge in [-0.1, -0.05) is 30.1 Å². The first kappa shape index (κ1) is 16.4. The van der Waals surface area contributed by atoms with Crippen molar-refractivity contribution in [3.8, 4) is 0 Å². The third-order valence-electron chi connectivity index (χ3n) is 4.15. The molecule has 1 aromatic carbocycles. The molecule has 1 aliphatic heterocycles. The molecule has 0 unspecified atom stereocenters. The van der Waals surface area contributed by atoms with Gasteiger partial charge in [-0.15, -0.1) is 0 Å². The molecule has 4 nitrogen and oxygen atoms in total. The first-order valence-electron chi connectivity index (χ1n) is 7.18. The summed E-state index contributed by atoms with van der Waals surface area (Å²) in [5.74, 6) is -0.121. The number of hydrogen-bond acceptors (Lipinski definition) is 3. The Morgan fingerprint density at radius 2 is 2.00 bits per heavy atom. The number of likely N-dealkylation sites (tertiary alicyclic amines) is 1. The van der Waals surface area contributed by atoms with Crippen molar-refractivity contribution in [1.29, 1.82) is 0 Å². The first-order chi connectivity index (χ1) is 9.93. The van der Waals surface area contributed by atoms with E-state index in [0.717, 1.165) is 32.5 Å². The lowest BCUT2D eigenvalue weighted by Gasteiger charge is -2.36. The third kappa shape index (κ3) is 3.62. The lowest BCUT2D eigenvalue weighted by Crippen LogP contribution is -2.45. The molecule has 0 bridgehead atoms. The fourth-order valence-corrected chi connectivity index (χ4v) is 3.16. The van der Waals surface area contributed by atoms with Crippen LogP contribution in [0.4, 0.5) is 5.69 Å². The molecule has 1 aromatic rings. The Bertz CT molecular complexity index is 528. The smallest absolute Gasteiger partial charge is 0.255 e. The van der Waals surface area contributed by atoms with E-state index >= 15 is 0 Å². The van der Waals surface area contributed by atoms with Crippen LogP contribution in [-0.4, -0.2) is 48.4 Å². The molecule has 21 heavy (non-hydrogen) atoms. The van der Waals surface area contributed by atoms with Crippen LogP contribution in [0, 0.1) is 0 Å². The Labute approximate surface area is 135 Å². The average Bonchev–Trinajstić information content (AvgIpc) is 2.49. The van der Waals surface area contributed by atoms with E-state index in [1.54, 1.807) is 17.0 Å². The van der Waals surface area contributed by atoms with Gasteiger partial charge in [0.05, 0.1) is 15.6 Å². The van der Waals surface area contributed by atoms with Gasteiger partial charge in [-0.3, -0.25) is 4.79 Å². The fraction of sp³-hybridized carbons (Fsp3) is 0.533. The molecule has 0 spiro atoms. The normalized spacial score (nSPS) is 17.0. The van der Waals surface area contributed by atoms with Gasteiger partial charge in [0.1, 0.15) is 0 Å². The highest BCUT2D eigenvalue weighted by Gasteiger charge is 2.27. The number of piperidine rings is 1. The summed E-state index contributed by atoms with van der Waals surface area (Å²) < 4.78 is 0. The number of nitrogens with zero attached hydrogens (tertiary/aromatic N) is 2. The number of hydrogen-bond donors (Lipinski definition) is 1. The zero-order chi connectivity index (χ0) is 15.6. The number of nitrogens with two attached hydrogens (primary N) is 1. The van der Waals surface area contributed by atoms with Crippen molar-refractivity contribution in [1.82, 2.24) is 9.80 Å². The van der Waals surface area contributed by atoms with Crippen LogP contribution >= 0.6 is 23.2 Å². The van der Waals surface area contributed by atoms with Crippen LogP contribution in [0.1, 0.15) is 30.1 Å². The van der Waals surface area contributed by atoms with E-state index in [4.69, 9.17) is 28.9 Å². The molecule has 1 amide bonds. The van der Waals surface area contributed by atoms with Crippen molar-refractivity contribution >= 4 is 34.8 Å². The summed E-state index contributed by atoms with van der Waals surface area (Å²) in [6.07, 6.45) is 1.95. The van der Waals surface area contributed by atoms with Gasteiger partial charge in [-0.05, 0) is 31.5 Å². The zero-order valence-electron chi connectivity index (χ0n) is 12.4. The van der Waals surface area contributed by atoms with Crippen molar-refractivity contribution in [2.45, 2.75) is 25.8 Å². The summed E-state index contributed by atoms with van der Waals surface area (Å²) in [5, 5.41) is 0.586. The molecule has 2 N–H and O–H groups in total. The van der Waals surface area contributed by atoms with Gasteiger partial charge in [0.15, 0.2) is 0 Å². The summed E-state index contributed by atoms with van der Waals surface area (Å²) in [7, 11) is 1.82. The fourth-order valence-electron chi connectivity index (χ4n) is 2.74. The second kappa shape index (κ2) is 6.86. The largest absolute Gasteiger partial charge is 0.399 e. The minimum Gasteiger partial charge on any atom is -0.399 e. The molecule has 0 aromatic heterocycles. The SMILES string of the molecule is CCN1CCC(N(C)C(=O)c2cc(N)cc(Cl)c2Cl)CC1. The van der Waals surface area contributed by atoms with Gasteiger partial charge in [-0.2, -0.15) is 0 Å². The lowest BCUT2D eigenvalue weighted by atomic mass is 10.0. The standard InChI is InChI=1S/C15H21Cl2N3O/c1-3-20-6-4-11(5-7-20)19(2)15(21)12-8-10(18)9-13(16)14(12)17/h8-9,11H,3-7,18H2,1-2H3. The van der Waals surface area contributed by atoms with Crippen LogP contribution in [0.15, 0.2) is 12.1 Å². The Hall–Kier alpha value is -0.970. The van der Waals surface area contributed by atoms with Crippen molar-refractivity contribution in [2.24, 2.45) is 0 Å². The van der Waals surface area contributed by atoms with Crippen molar-refractivity contribution < 1.29 is 4.79 Å². The van der Waals surface area contributed by atoms with Gasteiger partial charge < -0.3 is 15.5 Å². The summed E-state index contributed by atoms with van der Waals surface area (Å²) in [5.41, 5.74) is 6.58. The number of rotatable bonds is 3. The second-order valence-corrected chi connectivity index (χ2v) is 6.23. The highest BCUT2D eigenvalue weighted by molar-refractivity contribution is 6.44. The number of carbonyl (C=O) groups is 1. The third-order valence-corrected chi connectivity index (χ3v) is 4.96. The Balaban J connectivity index is 2.13. The van der Waals surface area contributed by atoms with E-state index in [-0.39, 0.29) is 17.0 Å². The number of anilines is 1. The molecular formula is C15H21Cl2N3O. The monoisotopic (exact) mass is 329 g/mol. The Morgan fingerprint density at radius 1 is 1.38 bits per heavy atom. The number of carbonyl (C=O) groups excluding carboxylic acids is 1. The van der Waals surface area contributed by atoms with Crippen LogP contribution in [-0.2, 0) is 0 Å². The Morgan fingerprint density at radius 3 is 2.57 bits per heavy atom. The highest BCUT2D eigenvalue weighted by atomic mass is 35.5. The molecule has 0 atom stereocenters. The highest BCUT2D eigenvalue weighted by Crippen LogP contribution is 2.30. The van der Waals surface area contributed by atoms with E-state index in [2.05, 4.69) is 11.8 Å².